The van der Waals surface area contributed by atoms with E-state index in [1.165, 1.54) is 25.7 Å². The lowest BCUT2D eigenvalue weighted by Crippen LogP contribution is -2.48. The maximum atomic E-state index is 11.1. The fraction of sp³-hybridized carbons (Fsp3) is 0.938. The molecule has 3 heteroatoms. The highest BCUT2D eigenvalue weighted by Crippen LogP contribution is 2.28. The molecular formula is C16H31NO2. The highest BCUT2D eigenvalue weighted by Gasteiger charge is 2.30. The molecule has 1 rings (SSSR count). The lowest BCUT2D eigenvalue weighted by atomic mass is 9.89. The molecule has 0 radical (unpaired) electrons. The molecule has 1 atom stereocenters. The van der Waals surface area contributed by atoms with Crippen molar-refractivity contribution in [1.82, 2.24) is 4.90 Å². The van der Waals surface area contributed by atoms with Crippen molar-refractivity contribution in [3.8, 4) is 0 Å². The number of carboxylic acids is 1. The molecule has 1 aliphatic heterocycles. The number of hydrogen-bond acceptors (Lipinski definition) is 2. The van der Waals surface area contributed by atoms with Gasteiger partial charge in [-0.2, -0.15) is 0 Å². The van der Waals surface area contributed by atoms with Crippen molar-refractivity contribution < 1.29 is 9.90 Å². The highest BCUT2D eigenvalue weighted by atomic mass is 16.4. The maximum Gasteiger partial charge on any atom is 0.304 e. The first-order valence-electron chi connectivity index (χ1n) is 7.87. The summed E-state index contributed by atoms with van der Waals surface area (Å²) >= 11 is 0. The number of rotatable bonds is 7. The Kier molecular flexibility index (Phi) is 6.84. The van der Waals surface area contributed by atoms with Gasteiger partial charge in [-0.1, -0.05) is 34.1 Å². The smallest absolute Gasteiger partial charge is 0.304 e. The Balaban J connectivity index is 2.73. The molecule has 1 saturated heterocycles. The van der Waals surface area contributed by atoms with Gasteiger partial charge in [-0.3, -0.25) is 9.69 Å². The van der Waals surface area contributed by atoms with E-state index in [0.29, 0.717) is 24.3 Å². The first-order chi connectivity index (χ1) is 8.90. The fourth-order valence-corrected chi connectivity index (χ4v) is 3.38. The Bertz CT molecular complexity index is 266. The summed E-state index contributed by atoms with van der Waals surface area (Å²) in [6.45, 7) is 10.2. The monoisotopic (exact) mass is 269 g/mol. The molecule has 112 valence electrons. The third kappa shape index (κ3) is 5.94. The summed E-state index contributed by atoms with van der Waals surface area (Å²) in [7, 11) is 0. The normalized spacial score (nSPS) is 21.5. The van der Waals surface area contributed by atoms with E-state index >= 15 is 0 Å². The number of carboxylic acid groups (broad SMARTS) is 1. The number of piperidine rings is 1. The van der Waals surface area contributed by atoms with E-state index in [1.807, 2.05) is 0 Å². The summed E-state index contributed by atoms with van der Waals surface area (Å²) in [4.78, 5) is 13.6. The Morgan fingerprint density at radius 3 is 2.21 bits per heavy atom. The molecule has 1 aliphatic rings. The van der Waals surface area contributed by atoms with E-state index in [4.69, 9.17) is 5.11 Å². The topological polar surface area (TPSA) is 40.5 Å². The molecule has 0 amide bonds. The first kappa shape index (κ1) is 16.5. The number of hydrogen-bond donors (Lipinski definition) is 1. The molecular weight excluding hydrogens is 238 g/mol. The number of likely N-dealkylation sites (tertiary alicyclic amines) is 1. The van der Waals surface area contributed by atoms with E-state index in [9.17, 15) is 4.79 Å². The van der Waals surface area contributed by atoms with Crippen molar-refractivity contribution in [1.29, 1.82) is 0 Å². The van der Waals surface area contributed by atoms with E-state index in [1.54, 1.807) is 0 Å². The van der Waals surface area contributed by atoms with Crippen molar-refractivity contribution in [3.05, 3.63) is 0 Å². The lowest BCUT2D eigenvalue weighted by Gasteiger charge is -2.42. The number of aliphatic carboxylic acids is 1. The van der Waals surface area contributed by atoms with Crippen LogP contribution in [0, 0.1) is 11.8 Å². The zero-order chi connectivity index (χ0) is 14.4. The molecule has 0 spiro atoms. The second kappa shape index (κ2) is 7.88. The van der Waals surface area contributed by atoms with Gasteiger partial charge in [-0.15, -0.1) is 0 Å². The van der Waals surface area contributed by atoms with Gasteiger partial charge in [0.2, 0.25) is 0 Å². The molecule has 0 saturated carbocycles. The van der Waals surface area contributed by atoms with E-state index < -0.39 is 5.97 Å². The minimum atomic E-state index is -0.648. The van der Waals surface area contributed by atoms with Crippen LogP contribution >= 0.6 is 0 Å². The molecule has 19 heavy (non-hydrogen) atoms. The van der Waals surface area contributed by atoms with Gasteiger partial charge in [0.1, 0.15) is 0 Å². The predicted octanol–water partition coefficient (Wildman–Crippen LogP) is 3.78. The maximum absolute atomic E-state index is 11.1. The van der Waals surface area contributed by atoms with Crippen LogP contribution in [0.1, 0.15) is 66.2 Å². The number of nitrogens with zero attached hydrogens (tertiary/aromatic N) is 1. The molecule has 1 unspecified atom stereocenters. The second-order valence-electron chi connectivity index (χ2n) is 6.90. The Labute approximate surface area is 118 Å². The summed E-state index contributed by atoms with van der Waals surface area (Å²) in [5.41, 5.74) is 0. The van der Waals surface area contributed by atoms with Crippen LogP contribution in [0.25, 0.3) is 0 Å². The minimum Gasteiger partial charge on any atom is -0.481 e. The zero-order valence-electron chi connectivity index (χ0n) is 13.1. The third-order valence-corrected chi connectivity index (χ3v) is 4.04. The second-order valence-corrected chi connectivity index (χ2v) is 6.90. The molecule has 0 aromatic rings. The SMILES string of the molecule is CC(C)CC(CC(C)C)N1CCCCC1CC(=O)O. The standard InChI is InChI=1S/C16H31NO2/c1-12(2)9-15(10-13(3)4)17-8-6-5-7-14(17)11-16(18)19/h12-15H,5-11H2,1-4H3,(H,18,19). The average molecular weight is 269 g/mol. The summed E-state index contributed by atoms with van der Waals surface area (Å²) in [5, 5.41) is 9.10. The largest absolute Gasteiger partial charge is 0.481 e. The van der Waals surface area contributed by atoms with E-state index in [2.05, 4.69) is 32.6 Å². The van der Waals surface area contributed by atoms with E-state index in [-0.39, 0.29) is 6.04 Å². The molecule has 1 N–H and O–H groups in total. The Morgan fingerprint density at radius 1 is 1.16 bits per heavy atom. The molecule has 0 aromatic heterocycles. The molecule has 1 fully saturated rings. The predicted molar refractivity (Wildman–Crippen MR) is 79.3 cm³/mol. The molecule has 0 aliphatic carbocycles. The Hall–Kier alpha value is -0.570. The van der Waals surface area contributed by atoms with Crippen LogP contribution in [-0.4, -0.2) is 34.6 Å². The van der Waals surface area contributed by atoms with Crippen molar-refractivity contribution in [2.75, 3.05) is 6.54 Å². The number of carbonyl (C=O) groups is 1. The van der Waals surface area contributed by atoms with Gasteiger partial charge in [0, 0.05) is 12.1 Å². The van der Waals surface area contributed by atoms with Crippen molar-refractivity contribution in [2.45, 2.75) is 78.3 Å². The van der Waals surface area contributed by atoms with Crippen molar-refractivity contribution >= 4 is 5.97 Å². The van der Waals surface area contributed by atoms with E-state index in [0.717, 1.165) is 13.0 Å². The van der Waals surface area contributed by atoms with Crippen molar-refractivity contribution in [3.63, 3.8) is 0 Å². The van der Waals surface area contributed by atoms with Gasteiger partial charge in [0.25, 0.3) is 0 Å². The molecule has 0 aromatic carbocycles. The Morgan fingerprint density at radius 2 is 1.74 bits per heavy atom. The molecule has 1 heterocycles. The minimum absolute atomic E-state index is 0.258. The van der Waals surface area contributed by atoms with Crippen LogP contribution in [0.3, 0.4) is 0 Å². The van der Waals surface area contributed by atoms with Crippen LogP contribution in [0.15, 0.2) is 0 Å². The quantitative estimate of drug-likeness (QED) is 0.764. The lowest BCUT2D eigenvalue weighted by molar-refractivity contribution is -0.139. The van der Waals surface area contributed by atoms with Crippen LogP contribution in [0.5, 0.6) is 0 Å². The third-order valence-electron chi connectivity index (χ3n) is 4.04. The average Bonchev–Trinajstić information content (AvgIpc) is 2.26. The summed E-state index contributed by atoms with van der Waals surface area (Å²) < 4.78 is 0. The summed E-state index contributed by atoms with van der Waals surface area (Å²) in [6, 6.07) is 0.818. The van der Waals surface area contributed by atoms with Crippen LogP contribution in [0.2, 0.25) is 0 Å². The van der Waals surface area contributed by atoms with Crippen LogP contribution < -0.4 is 0 Å². The molecule has 3 nitrogen and oxygen atoms in total. The van der Waals surface area contributed by atoms with Crippen LogP contribution in [-0.2, 0) is 4.79 Å². The van der Waals surface area contributed by atoms with Crippen molar-refractivity contribution in [2.24, 2.45) is 11.8 Å². The zero-order valence-corrected chi connectivity index (χ0v) is 13.1. The van der Waals surface area contributed by atoms with Gasteiger partial charge in [0.15, 0.2) is 0 Å². The highest BCUT2D eigenvalue weighted by molar-refractivity contribution is 5.67. The molecule has 0 bridgehead atoms. The summed E-state index contributed by atoms with van der Waals surface area (Å²) in [5.74, 6) is 0.706. The van der Waals surface area contributed by atoms with Gasteiger partial charge < -0.3 is 5.11 Å². The fourth-order valence-electron chi connectivity index (χ4n) is 3.38. The van der Waals surface area contributed by atoms with Gasteiger partial charge >= 0.3 is 5.97 Å². The summed E-state index contributed by atoms with van der Waals surface area (Å²) in [6.07, 6.45) is 6.15. The van der Waals surface area contributed by atoms with Gasteiger partial charge in [-0.05, 0) is 44.1 Å². The first-order valence-corrected chi connectivity index (χ1v) is 7.87. The van der Waals surface area contributed by atoms with Gasteiger partial charge in [-0.25, -0.2) is 0 Å². The van der Waals surface area contributed by atoms with Crippen LogP contribution in [0.4, 0.5) is 0 Å². The van der Waals surface area contributed by atoms with Gasteiger partial charge in [0.05, 0.1) is 6.42 Å².